The minimum absolute atomic E-state index is 0.270. The van der Waals surface area contributed by atoms with Gasteiger partial charge in [-0.05, 0) is 48.0 Å². The predicted octanol–water partition coefficient (Wildman–Crippen LogP) is 4.57. The number of benzene rings is 3. The molecule has 29 heavy (non-hydrogen) atoms. The highest BCUT2D eigenvalue weighted by molar-refractivity contribution is 6.32. The van der Waals surface area contributed by atoms with E-state index in [1.165, 1.54) is 6.08 Å². The molecule has 6 nitrogen and oxygen atoms in total. The summed E-state index contributed by atoms with van der Waals surface area (Å²) in [6.07, 6.45) is 1.34. The highest BCUT2D eigenvalue weighted by Crippen LogP contribution is 2.34. The van der Waals surface area contributed by atoms with Gasteiger partial charge in [0.05, 0.1) is 10.7 Å². The molecule has 0 atom stereocenters. The van der Waals surface area contributed by atoms with Gasteiger partial charge >= 0.3 is 5.97 Å². The summed E-state index contributed by atoms with van der Waals surface area (Å²) < 4.78 is 5.75. The van der Waals surface area contributed by atoms with E-state index in [0.29, 0.717) is 33.3 Å². The maximum atomic E-state index is 12.3. The van der Waals surface area contributed by atoms with Gasteiger partial charge < -0.3 is 20.9 Å². The lowest BCUT2D eigenvalue weighted by atomic mass is 10.1. The molecule has 0 bridgehead atoms. The van der Waals surface area contributed by atoms with Crippen molar-refractivity contribution in [3.05, 3.63) is 94.6 Å². The summed E-state index contributed by atoms with van der Waals surface area (Å²) in [5.41, 5.74) is 6.86. The number of amides is 1. The number of anilines is 1. The Kier molecular flexibility index (Phi) is 6.16. The van der Waals surface area contributed by atoms with Crippen LogP contribution in [-0.2, 0) is 4.79 Å². The molecule has 0 aromatic heterocycles. The first-order valence-corrected chi connectivity index (χ1v) is 8.95. The van der Waals surface area contributed by atoms with Crippen LogP contribution in [0.1, 0.15) is 15.9 Å². The van der Waals surface area contributed by atoms with Crippen molar-refractivity contribution in [2.75, 3.05) is 5.73 Å². The van der Waals surface area contributed by atoms with Gasteiger partial charge in [-0.15, -0.1) is 0 Å². The fourth-order valence-corrected chi connectivity index (χ4v) is 2.74. The molecular formula is C22H17ClN2O4. The third kappa shape index (κ3) is 5.15. The van der Waals surface area contributed by atoms with E-state index < -0.39 is 11.9 Å². The van der Waals surface area contributed by atoms with E-state index in [4.69, 9.17) is 22.1 Å². The first-order chi connectivity index (χ1) is 13.9. The highest BCUT2D eigenvalue weighted by Gasteiger charge is 2.14. The summed E-state index contributed by atoms with van der Waals surface area (Å²) in [6.45, 7) is 0. The average Bonchev–Trinajstić information content (AvgIpc) is 2.71. The Labute approximate surface area is 172 Å². The summed E-state index contributed by atoms with van der Waals surface area (Å²) in [7, 11) is 0. The number of hydrogen-bond acceptors (Lipinski definition) is 4. The summed E-state index contributed by atoms with van der Waals surface area (Å²) in [5.74, 6) is -1.06. The van der Waals surface area contributed by atoms with E-state index in [-0.39, 0.29) is 5.70 Å². The molecule has 0 saturated carbocycles. The maximum absolute atomic E-state index is 12.3. The van der Waals surface area contributed by atoms with E-state index in [9.17, 15) is 14.7 Å². The minimum atomic E-state index is -1.27. The van der Waals surface area contributed by atoms with Crippen molar-refractivity contribution >= 4 is 35.2 Å². The summed E-state index contributed by atoms with van der Waals surface area (Å²) in [4.78, 5) is 23.9. The van der Waals surface area contributed by atoms with E-state index in [1.54, 1.807) is 72.8 Å². The van der Waals surface area contributed by atoms with Crippen molar-refractivity contribution in [2.45, 2.75) is 0 Å². The largest absolute Gasteiger partial charge is 0.477 e. The fraction of sp³-hybridized carbons (Fsp3) is 0. The summed E-state index contributed by atoms with van der Waals surface area (Å²) in [5, 5.41) is 12.2. The molecule has 3 aromatic rings. The Hall–Kier alpha value is -3.77. The molecule has 0 fully saturated rings. The van der Waals surface area contributed by atoms with Gasteiger partial charge in [0.1, 0.15) is 11.4 Å². The number of carboxylic acids is 1. The van der Waals surface area contributed by atoms with Crippen molar-refractivity contribution < 1.29 is 19.4 Å². The molecule has 7 heteroatoms. The fourth-order valence-electron chi connectivity index (χ4n) is 2.52. The summed E-state index contributed by atoms with van der Waals surface area (Å²) in [6, 6.07) is 20.0. The smallest absolute Gasteiger partial charge is 0.352 e. The van der Waals surface area contributed by atoms with Crippen LogP contribution < -0.4 is 15.8 Å². The number of nitrogens with one attached hydrogen (secondary N) is 1. The van der Waals surface area contributed by atoms with Gasteiger partial charge in [0, 0.05) is 5.56 Å². The Morgan fingerprint density at radius 3 is 2.41 bits per heavy atom. The number of nitrogens with two attached hydrogens (primary N) is 1. The third-order valence-corrected chi connectivity index (χ3v) is 4.20. The van der Waals surface area contributed by atoms with Gasteiger partial charge in [-0.2, -0.15) is 0 Å². The van der Waals surface area contributed by atoms with E-state index in [0.717, 1.165) is 0 Å². The normalized spacial score (nSPS) is 11.0. The quantitative estimate of drug-likeness (QED) is 0.409. The Morgan fingerprint density at radius 2 is 1.72 bits per heavy atom. The highest BCUT2D eigenvalue weighted by atomic mass is 35.5. The molecule has 1 amide bonds. The predicted molar refractivity (Wildman–Crippen MR) is 112 cm³/mol. The molecule has 4 N–H and O–H groups in total. The lowest BCUT2D eigenvalue weighted by Crippen LogP contribution is -2.27. The Bertz CT molecular complexity index is 1060. The topological polar surface area (TPSA) is 102 Å². The van der Waals surface area contributed by atoms with Gasteiger partial charge in [0.25, 0.3) is 5.91 Å². The molecule has 0 aliphatic heterocycles. The first-order valence-electron chi connectivity index (χ1n) is 8.57. The van der Waals surface area contributed by atoms with Gasteiger partial charge in [0.15, 0.2) is 5.75 Å². The lowest BCUT2D eigenvalue weighted by molar-refractivity contribution is -0.132. The first kappa shape index (κ1) is 20.0. The standard InChI is InChI=1S/C22H17ClN2O4/c23-17-10-5-11-18(24)20(17)29-16-9-4-6-14(12-16)13-19(22(27)28)25-21(26)15-7-2-1-3-8-15/h1-13H,24H2,(H,25,26)(H,27,28)/b19-13-. The number of aliphatic carboxylic acids is 1. The van der Waals surface area contributed by atoms with Crippen LogP contribution in [0.4, 0.5) is 5.69 Å². The molecule has 3 rings (SSSR count). The van der Waals surface area contributed by atoms with Gasteiger partial charge in [-0.25, -0.2) is 4.79 Å². The number of hydrogen-bond donors (Lipinski definition) is 3. The Balaban J connectivity index is 1.85. The number of nitrogen functional groups attached to an aromatic ring is 1. The van der Waals surface area contributed by atoms with E-state index >= 15 is 0 Å². The monoisotopic (exact) mass is 408 g/mol. The van der Waals surface area contributed by atoms with Crippen LogP contribution in [-0.4, -0.2) is 17.0 Å². The molecule has 146 valence electrons. The van der Waals surface area contributed by atoms with Gasteiger partial charge in [0.2, 0.25) is 0 Å². The van der Waals surface area contributed by atoms with Gasteiger partial charge in [-0.1, -0.05) is 48.0 Å². The van der Waals surface area contributed by atoms with Crippen molar-refractivity contribution in [1.29, 1.82) is 0 Å². The average molecular weight is 409 g/mol. The van der Waals surface area contributed by atoms with Gasteiger partial charge in [-0.3, -0.25) is 4.79 Å². The van der Waals surface area contributed by atoms with Crippen LogP contribution in [0.15, 0.2) is 78.5 Å². The SMILES string of the molecule is Nc1cccc(Cl)c1Oc1cccc(/C=C(\NC(=O)c2ccccc2)C(=O)O)c1. The van der Waals surface area contributed by atoms with Crippen LogP contribution in [0.2, 0.25) is 5.02 Å². The van der Waals surface area contributed by atoms with E-state index in [1.807, 2.05) is 0 Å². The van der Waals surface area contributed by atoms with Crippen molar-refractivity contribution in [2.24, 2.45) is 0 Å². The zero-order valence-corrected chi connectivity index (χ0v) is 15.9. The number of ether oxygens (including phenoxy) is 1. The lowest BCUT2D eigenvalue weighted by Gasteiger charge is -2.11. The molecule has 0 saturated heterocycles. The number of carbonyl (C=O) groups excluding carboxylic acids is 1. The van der Waals surface area contributed by atoms with Crippen LogP contribution in [0, 0.1) is 0 Å². The molecular weight excluding hydrogens is 392 g/mol. The second-order valence-electron chi connectivity index (χ2n) is 6.02. The van der Waals surface area contributed by atoms with Crippen LogP contribution >= 0.6 is 11.6 Å². The molecule has 3 aromatic carbocycles. The number of carboxylic acid groups (broad SMARTS) is 1. The zero-order valence-electron chi connectivity index (χ0n) is 15.1. The molecule has 0 aliphatic rings. The molecule has 0 radical (unpaired) electrons. The third-order valence-electron chi connectivity index (χ3n) is 3.90. The molecule has 0 aliphatic carbocycles. The molecule has 0 unspecified atom stereocenters. The zero-order chi connectivity index (χ0) is 20.8. The minimum Gasteiger partial charge on any atom is -0.477 e. The van der Waals surface area contributed by atoms with Crippen molar-refractivity contribution in [3.8, 4) is 11.5 Å². The molecule has 0 spiro atoms. The van der Waals surface area contributed by atoms with Crippen molar-refractivity contribution in [3.63, 3.8) is 0 Å². The molecule has 0 heterocycles. The maximum Gasteiger partial charge on any atom is 0.352 e. The van der Waals surface area contributed by atoms with Crippen LogP contribution in [0.5, 0.6) is 11.5 Å². The number of para-hydroxylation sites is 1. The second kappa shape index (κ2) is 8.95. The number of rotatable bonds is 6. The number of carbonyl (C=O) groups is 2. The van der Waals surface area contributed by atoms with Crippen molar-refractivity contribution in [1.82, 2.24) is 5.32 Å². The summed E-state index contributed by atoms with van der Waals surface area (Å²) >= 11 is 6.12. The van der Waals surface area contributed by atoms with Crippen LogP contribution in [0.25, 0.3) is 6.08 Å². The van der Waals surface area contributed by atoms with Crippen LogP contribution in [0.3, 0.4) is 0 Å². The van der Waals surface area contributed by atoms with E-state index in [2.05, 4.69) is 5.32 Å². The Morgan fingerprint density at radius 1 is 1.00 bits per heavy atom. The second-order valence-corrected chi connectivity index (χ2v) is 6.42. The number of halogens is 1.